The Balaban J connectivity index is 1.94. The summed E-state index contributed by atoms with van der Waals surface area (Å²) in [6, 6.07) is 2.20. The molecular weight excluding hydrogens is 240 g/mol. The molecule has 1 fully saturated rings. The average molecular weight is 264 g/mol. The molecule has 5 heteroatoms. The smallest absolute Gasteiger partial charge is 0.218 e. The van der Waals surface area contributed by atoms with E-state index in [0.717, 1.165) is 25.2 Å². The van der Waals surface area contributed by atoms with Crippen molar-refractivity contribution in [3.05, 3.63) is 11.9 Å². The van der Waals surface area contributed by atoms with Crippen molar-refractivity contribution in [1.82, 2.24) is 14.9 Å². The summed E-state index contributed by atoms with van der Waals surface area (Å²) in [7, 11) is 2.16. The summed E-state index contributed by atoms with van der Waals surface area (Å²) < 4.78 is 5.81. The molecule has 0 radical (unpaired) electrons. The Bertz CT molecular complexity index is 410. The minimum Gasteiger partial charge on any atom is -0.476 e. The van der Waals surface area contributed by atoms with Gasteiger partial charge in [0.05, 0.1) is 0 Å². The van der Waals surface area contributed by atoms with Crippen molar-refractivity contribution >= 4 is 5.82 Å². The van der Waals surface area contributed by atoms with Gasteiger partial charge in [-0.25, -0.2) is 4.98 Å². The second-order valence-electron chi connectivity index (χ2n) is 5.24. The molecule has 0 spiro atoms. The van der Waals surface area contributed by atoms with Crippen LogP contribution in [0.25, 0.3) is 0 Å². The molecule has 106 valence electrons. The quantitative estimate of drug-likeness (QED) is 0.879. The number of aryl methyl sites for hydroxylation is 1. The number of nitrogens with two attached hydrogens (primary N) is 1. The van der Waals surface area contributed by atoms with Crippen LogP contribution < -0.4 is 10.5 Å². The van der Waals surface area contributed by atoms with Gasteiger partial charge in [-0.1, -0.05) is 13.3 Å². The average Bonchev–Trinajstić information content (AvgIpc) is 2.37. The summed E-state index contributed by atoms with van der Waals surface area (Å²) in [5.74, 6) is 1.87. The van der Waals surface area contributed by atoms with Crippen LogP contribution in [0.2, 0.25) is 0 Å². The van der Waals surface area contributed by atoms with Crippen LogP contribution in [-0.2, 0) is 6.42 Å². The van der Waals surface area contributed by atoms with Crippen molar-refractivity contribution in [1.29, 1.82) is 0 Å². The SMILES string of the molecule is CCCc1nc(N)cc(OCC2CCCCN2C)n1. The summed E-state index contributed by atoms with van der Waals surface area (Å²) >= 11 is 0. The number of likely N-dealkylation sites (tertiary alicyclic amines) is 1. The van der Waals surface area contributed by atoms with E-state index in [9.17, 15) is 0 Å². The molecule has 1 atom stereocenters. The first-order chi connectivity index (χ1) is 9.19. The highest BCUT2D eigenvalue weighted by Gasteiger charge is 2.19. The van der Waals surface area contributed by atoms with E-state index in [1.54, 1.807) is 6.07 Å². The highest BCUT2D eigenvalue weighted by Crippen LogP contribution is 2.17. The maximum Gasteiger partial charge on any atom is 0.218 e. The fourth-order valence-corrected chi connectivity index (χ4v) is 2.44. The van der Waals surface area contributed by atoms with E-state index in [-0.39, 0.29) is 0 Å². The summed E-state index contributed by atoms with van der Waals surface area (Å²) in [4.78, 5) is 11.0. The zero-order chi connectivity index (χ0) is 13.7. The fraction of sp³-hybridized carbons (Fsp3) is 0.714. The summed E-state index contributed by atoms with van der Waals surface area (Å²) in [5.41, 5.74) is 5.78. The molecule has 1 saturated heterocycles. The molecule has 1 aromatic heterocycles. The zero-order valence-corrected chi connectivity index (χ0v) is 11.9. The van der Waals surface area contributed by atoms with Crippen LogP contribution in [0.15, 0.2) is 6.07 Å². The van der Waals surface area contributed by atoms with E-state index in [1.165, 1.54) is 19.3 Å². The molecule has 19 heavy (non-hydrogen) atoms. The third-order valence-electron chi connectivity index (χ3n) is 3.59. The number of nitrogens with zero attached hydrogens (tertiary/aromatic N) is 3. The van der Waals surface area contributed by atoms with Crippen LogP contribution in [0, 0.1) is 0 Å². The van der Waals surface area contributed by atoms with Gasteiger partial charge in [-0.3, -0.25) is 0 Å². The molecule has 0 aromatic carbocycles. The van der Waals surface area contributed by atoms with Crippen molar-refractivity contribution in [3.63, 3.8) is 0 Å². The number of hydrogen-bond acceptors (Lipinski definition) is 5. The normalized spacial score (nSPS) is 20.4. The first-order valence-electron chi connectivity index (χ1n) is 7.15. The second-order valence-corrected chi connectivity index (χ2v) is 5.24. The van der Waals surface area contributed by atoms with Gasteiger partial charge in [-0.05, 0) is 32.9 Å². The molecule has 0 saturated carbocycles. The molecule has 1 aliphatic rings. The lowest BCUT2D eigenvalue weighted by molar-refractivity contribution is 0.122. The molecule has 5 nitrogen and oxygen atoms in total. The van der Waals surface area contributed by atoms with Crippen molar-refractivity contribution in [3.8, 4) is 5.88 Å². The van der Waals surface area contributed by atoms with Crippen molar-refractivity contribution in [2.24, 2.45) is 0 Å². The van der Waals surface area contributed by atoms with Gasteiger partial charge in [0.2, 0.25) is 5.88 Å². The van der Waals surface area contributed by atoms with Gasteiger partial charge < -0.3 is 15.4 Å². The van der Waals surface area contributed by atoms with E-state index in [4.69, 9.17) is 10.5 Å². The number of likely N-dealkylation sites (N-methyl/N-ethyl adjacent to an activating group) is 1. The maximum atomic E-state index is 5.81. The van der Waals surface area contributed by atoms with Crippen LogP contribution in [0.1, 0.15) is 38.4 Å². The molecule has 1 aromatic rings. The Hall–Kier alpha value is -1.36. The Labute approximate surface area is 115 Å². The fourth-order valence-electron chi connectivity index (χ4n) is 2.44. The lowest BCUT2D eigenvalue weighted by Crippen LogP contribution is -2.40. The number of piperidine rings is 1. The van der Waals surface area contributed by atoms with E-state index in [1.807, 2.05) is 0 Å². The van der Waals surface area contributed by atoms with Gasteiger partial charge >= 0.3 is 0 Å². The van der Waals surface area contributed by atoms with Crippen LogP contribution in [0.5, 0.6) is 5.88 Å². The topological polar surface area (TPSA) is 64.3 Å². The highest BCUT2D eigenvalue weighted by molar-refractivity contribution is 5.32. The standard InChI is InChI=1S/C14H24N4O/c1-3-6-13-16-12(15)9-14(17-13)19-10-11-7-4-5-8-18(11)2/h9,11H,3-8,10H2,1-2H3,(H2,15,16,17). The van der Waals surface area contributed by atoms with Crippen molar-refractivity contribution < 1.29 is 4.74 Å². The number of nitrogen functional groups attached to an aromatic ring is 1. The first kappa shape index (κ1) is 14.1. The van der Waals surface area contributed by atoms with E-state index in [2.05, 4.69) is 28.8 Å². The van der Waals surface area contributed by atoms with Crippen molar-refractivity contribution in [2.45, 2.75) is 45.1 Å². The van der Waals surface area contributed by atoms with Crippen LogP contribution >= 0.6 is 0 Å². The molecular formula is C14H24N4O. The molecule has 0 bridgehead atoms. The van der Waals surface area contributed by atoms with Crippen LogP contribution in [0.3, 0.4) is 0 Å². The molecule has 0 aliphatic carbocycles. The van der Waals surface area contributed by atoms with E-state index in [0.29, 0.717) is 24.3 Å². The minimum atomic E-state index is 0.486. The predicted octanol–water partition coefficient (Wildman–Crippen LogP) is 1.87. The predicted molar refractivity (Wildman–Crippen MR) is 76.2 cm³/mol. The summed E-state index contributed by atoms with van der Waals surface area (Å²) in [6.45, 7) is 3.93. The number of ether oxygens (including phenoxy) is 1. The second kappa shape index (κ2) is 6.70. The van der Waals surface area contributed by atoms with Crippen LogP contribution in [-0.4, -0.2) is 41.1 Å². The number of hydrogen-bond donors (Lipinski definition) is 1. The van der Waals surface area contributed by atoms with Gasteiger partial charge in [0.25, 0.3) is 0 Å². The first-order valence-corrected chi connectivity index (χ1v) is 7.15. The van der Waals surface area contributed by atoms with E-state index < -0.39 is 0 Å². The number of rotatable bonds is 5. The Morgan fingerprint density at radius 3 is 3.00 bits per heavy atom. The Kier molecular flexibility index (Phi) is 4.96. The highest BCUT2D eigenvalue weighted by atomic mass is 16.5. The summed E-state index contributed by atoms with van der Waals surface area (Å²) in [6.07, 6.45) is 5.61. The van der Waals surface area contributed by atoms with E-state index >= 15 is 0 Å². The number of anilines is 1. The van der Waals surface area contributed by atoms with Gasteiger partial charge in [0.1, 0.15) is 18.2 Å². The lowest BCUT2D eigenvalue weighted by atomic mass is 10.0. The van der Waals surface area contributed by atoms with Crippen LogP contribution in [0.4, 0.5) is 5.82 Å². The number of aromatic nitrogens is 2. The largest absolute Gasteiger partial charge is 0.476 e. The Morgan fingerprint density at radius 1 is 1.42 bits per heavy atom. The summed E-state index contributed by atoms with van der Waals surface area (Å²) in [5, 5.41) is 0. The third kappa shape index (κ3) is 4.06. The molecule has 0 amide bonds. The Morgan fingerprint density at radius 2 is 2.26 bits per heavy atom. The third-order valence-corrected chi connectivity index (χ3v) is 3.59. The minimum absolute atomic E-state index is 0.486. The van der Waals surface area contributed by atoms with Gasteiger partial charge in [0.15, 0.2) is 0 Å². The molecule has 1 unspecified atom stereocenters. The molecule has 1 aliphatic heterocycles. The monoisotopic (exact) mass is 264 g/mol. The van der Waals surface area contributed by atoms with Gasteiger partial charge in [-0.15, -0.1) is 0 Å². The molecule has 2 N–H and O–H groups in total. The van der Waals surface area contributed by atoms with Gasteiger partial charge in [-0.2, -0.15) is 4.98 Å². The molecule has 2 rings (SSSR count). The molecule has 2 heterocycles. The van der Waals surface area contributed by atoms with Gasteiger partial charge in [0, 0.05) is 18.5 Å². The zero-order valence-electron chi connectivity index (χ0n) is 11.9. The lowest BCUT2D eigenvalue weighted by Gasteiger charge is -2.31. The maximum absolute atomic E-state index is 5.81. The van der Waals surface area contributed by atoms with Crippen molar-refractivity contribution in [2.75, 3.05) is 25.9 Å².